The van der Waals surface area contributed by atoms with Gasteiger partial charge in [-0.05, 0) is 42.5 Å². The van der Waals surface area contributed by atoms with E-state index >= 15 is 0 Å². The summed E-state index contributed by atoms with van der Waals surface area (Å²) in [5.41, 5.74) is 1.32. The molecule has 0 aliphatic heterocycles. The van der Waals surface area contributed by atoms with Crippen molar-refractivity contribution in [2.75, 3.05) is 5.32 Å². The predicted octanol–water partition coefficient (Wildman–Crippen LogP) is 5.50. The molecule has 0 fully saturated rings. The summed E-state index contributed by atoms with van der Waals surface area (Å²) in [7, 11) is 0. The number of benzene rings is 3. The van der Waals surface area contributed by atoms with Crippen molar-refractivity contribution in [3.63, 3.8) is 0 Å². The number of halogens is 2. The van der Waals surface area contributed by atoms with Crippen LogP contribution in [0, 0.1) is 0 Å². The van der Waals surface area contributed by atoms with Gasteiger partial charge in [0.2, 0.25) is 6.29 Å². The molecule has 6 heteroatoms. The average molecular weight is 385 g/mol. The minimum absolute atomic E-state index is 0.126. The van der Waals surface area contributed by atoms with Crippen LogP contribution in [0.25, 0.3) is 0 Å². The summed E-state index contributed by atoms with van der Waals surface area (Å²) < 4.78 is 5.67. The highest BCUT2D eigenvalue weighted by molar-refractivity contribution is 6.43. The van der Waals surface area contributed by atoms with Crippen LogP contribution >= 0.6 is 23.2 Å². The van der Waals surface area contributed by atoms with Crippen LogP contribution < -0.4 is 10.1 Å². The number of hydrogen-bond donors (Lipinski definition) is 1. The number of anilines is 1. The molecule has 0 aliphatic carbocycles. The van der Waals surface area contributed by atoms with E-state index in [-0.39, 0.29) is 21.5 Å². The maximum absolute atomic E-state index is 12.1. The van der Waals surface area contributed by atoms with E-state index in [1.54, 1.807) is 54.8 Å². The van der Waals surface area contributed by atoms with Crippen LogP contribution in [0.2, 0.25) is 10.0 Å². The van der Waals surface area contributed by atoms with Gasteiger partial charge in [-0.1, -0.05) is 41.4 Å². The highest BCUT2D eigenvalue weighted by atomic mass is 35.5. The minimum Gasteiger partial charge on any atom is -0.457 e. The van der Waals surface area contributed by atoms with E-state index in [0.29, 0.717) is 22.7 Å². The van der Waals surface area contributed by atoms with Crippen LogP contribution in [0.4, 0.5) is 5.69 Å². The number of carbonyl (C=O) groups is 1. The third-order valence-electron chi connectivity index (χ3n) is 3.50. The summed E-state index contributed by atoms with van der Waals surface area (Å²) in [6, 6.07) is 18.7. The summed E-state index contributed by atoms with van der Waals surface area (Å²) in [5, 5.41) is 3.14. The average Bonchev–Trinajstić information content (AvgIpc) is 2.66. The van der Waals surface area contributed by atoms with E-state index in [2.05, 4.69) is 5.32 Å². The van der Waals surface area contributed by atoms with Crippen LogP contribution in [0.1, 0.15) is 15.9 Å². The molecule has 1 radical (unpaired) electrons. The van der Waals surface area contributed by atoms with Crippen LogP contribution in [-0.2, 0) is 4.79 Å². The van der Waals surface area contributed by atoms with E-state index in [4.69, 9.17) is 27.9 Å². The van der Waals surface area contributed by atoms with E-state index in [9.17, 15) is 9.59 Å². The second kappa shape index (κ2) is 8.04. The molecule has 0 heterocycles. The highest BCUT2D eigenvalue weighted by Gasteiger charge is 2.10. The Balaban J connectivity index is 1.71. The molecular weight excluding hydrogens is 373 g/mol. The zero-order chi connectivity index (χ0) is 18.5. The van der Waals surface area contributed by atoms with Crippen LogP contribution in [-0.4, -0.2) is 12.2 Å². The fraction of sp³-hybridized carbons (Fsp3) is 0. The summed E-state index contributed by atoms with van der Waals surface area (Å²) in [6.45, 7) is 0. The van der Waals surface area contributed by atoms with Crippen molar-refractivity contribution < 1.29 is 14.3 Å². The topological polar surface area (TPSA) is 55.4 Å². The molecule has 3 rings (SSSR count). The summed E-state index contributed by atoms with van der Waals surface area (Å²) >= 11 is 11.9. The van der Waals surface area contributed by atoms with E-state index in [1.165, 1.54) is 12.1 Å². The Morgan fingerprint density at radius 2 is 1.62 bits per heavy atom. The number of carbonyl (C=O) groups excluding carboxylic acids is 2. The fourth-order valence-electron chi connectivity index (χ4n) is 2.23. The van der Waals surface area contributed by atoms with Gasteiger partial charge < -0.3 is 10.1 Å². The van der Waals surface area contributed by atoms with Gasteiger partial charge in [0.25, 0.3) is 5.91 Å². The molecule has 26 heavy (non-hydrogen) atoms. The molecule has 0 saturated carbocycles. The molecule has 0 spiro atoms. The predicted molar refractivity (Wildman–Crippen MR) is 102 cm³/mol. The Morgan fingerprint density at radius 3 is 2.27 bits per heavy atom. The van der Waals surface area contributed by atoms with Crippen molar-refractivity contribution >= 4 is 41.1 Å². The first kappa shape index (κ1) is 18.0. The summed E-state index contributed by atoms with van der Waals surface area (Å²) in [5.74, 6) is 0.673. The van der Waals surface area contributed by atoms with Gasteiger partial charge in [0.05, 0.1) is 10.0 Å². The molecule has 0 unspecified atom stereocenters. The molecule has 0 bridgehead atoms. The van der Waals surface area contributed by atoms with Crippen molar-refractivity contribution in [3.05, 3.63) is 87.9 Å². The lowest BCUT2D eigenvalue weighted by atomic mass is 10.2. The fourth-order valence-corrected chi connectivity index (χ4v) is 2.59. The Labute approximate surface area is 160 Å². The number of hydrogen-bond acceptors (Lipinski definition) is 3. The van der Waals surface area contributed by atoms with Gasteiger partial charge in [0, 0.05) is 22.9 Å². The van der Waals surface area contributed by atoms with Gasteiger partial charge in [-0.3, -0.25) is 9.59 Å². The second-order valence-corrected chi connectivity index (χ2v) is 6.10. The van der Waals surface area contributed by atoms with Crippen LogP contribution in [0.15, 0.2) is 66.7 Å². The van der Waals surface area contributed by atoms with Crippen molar-refractivity contribution in [3.8, 4) is 11.5 Å². The first-order valence-electron chi connectivity index (χ1n) is 7.58. The van der Waals surface area contributed by atoms with Crippen molar-refractivity contribution in [1.82, 2.24) is 0 Å². The largest absolute Gasteiger partial charge is 0.457 e. The summed E-state index contributed by atoms with van der Waals surface area (Å²) in [6.07, 6.45) is 1.71. The molecule has 129 valence electrons. The van der Waals surface area contributed by atoms with Gasteiger partial charge in [-0.2, -0.15) is 0 Å². The lowest BCUT2D eigenvalue weighted by molar-refractivity contribution is 0.102. The molecule has 4 nitrogen and oxygen atoms in total. The van der Waals surface area contributed by atoms with Crippen molar-refractivity contribution in [2.24, 2.45) is 0 Å². The molecule has 1 amide bonds. The molecule has 0 saturated heterocycles. The van der Waals surface area contributed by atoms with Crippen molar-refractivity contribution in [2.45, 2.75) is 0 Å². The van der Waals surface area contributed by atoms with Gasteiger partial charge >= 0.3 is 0 Å². The van der Waals surface area contributed by atoms with Gasteiger partial charge in [-0.25, -0.2) is 0 Å². The minimum atomic E-state index is -0.199. The van der Waals surface area contributed by atoms with E-state index in [1.807, 2.05) is 6.07 Å². The van der Waals surface area contributed by atoms with E-state index in [0.717, 1.165) is 0 Å². The first-order valence-corrected chi connectivity index (χ1v) is 8.34. The Bertz CT molecular complexity index is 941. The van der Waals surface area contributed by atoms with Crippen LogP contribution in [0.5, 0.6) is 11.5 Å². The molecule has 3 aromatic carbocycles. The first-order chi connectivity index (χ1) is 12.6. The maximum atomic E-state index is 12.1. The SMILES string of the molecule is O=[C]c1cc(Oc2ccc(NC(=O)c3ccccc3)cc2)cc(Cl)c1Cl. The number of ether oxygens (including phenoxy) is 1. The molecule has 3 aromatic rings. The Hall–Kier alpha value is -2.82. The highest BCUT2D eigenvalue weighted by Crippen LogP contribution is 2.32. The van der Waals surface area contributed by atoms with Gasteiger partial charge in [0.15, 0.2) is 0 Å². The second-order valence-electron chi connectivity index (χ2n) is 5.32. The van der Waals surface area contributed by atoms with Crippen LogP contribution in [0.3, 0.4) is 0 Å². The molecular formula is C20H12Cl2NO3. The number of amides is 1. The Morgan fingerprint density at radius 1 is 0.923 bits per heavy atom. The Kier molecular flexibility index (Phi) is 5.56. The standard InChI is InChI=1S/C20H12Cl2NO3/c21-18-11-17(10-14(12-24)19(18)22)26-16-8-6-15(7-9-16)23-20(25)13-4-2-1-3-5-13/h1-11H,(H,23,25). The smallest absolute Gasteiger partial charge is 0.255 e. The summed E-state index contributed by atoms with van der Waals surface area (Å²) in [4.78, 5) is 23.0. The number of nitrogens with one attached hydrogen (secondary N) is 1. The van der Waals surface area contributed by atoms with Crippen molar-refractivity contribution in [1.29, 1.82) is 0 Å². The third kappa shape index (κ3) is 4.23. The lowest BCUT2D eigenvalue weighted by Gasteiger charge is -2.10. The molecule has 0 aliphatic rings. The lowest BCUT2D eigenvalue weighted by Crippen LogP contribution is -2.11. The zero-order valence-electron chi connectivity index (χ0n) is 13.3. The monoisotopic (exact) mass is 384 g/mol. The third-order valence-corrected chi connectivity index (χ3v) is 4.30. The van der Waals surface area contributed by atoms with Gasteiger partial charge in [-0.15, -0.1) is 0 Å². The maximum Gasteiger partial charge on any atom is 0.255 e. The number of rotatable bonds is 5. The van der Waals surface area contributed by atoms with E-state index < -0.39 is 0 Å². The molecule has 1 N–H and O–H groups in total. The molecule has 0 aromatic heterocycles. The van der Waals surface area contributed by atoms with Gasteiger partial charge in [0.1, 0.15) is 11.5 Å². The normalized spacial score (nSPS) is 10.2. The molecule has 0 atom stereocenters. The zero-order valence-corrected chi connectivity index (χ0v) is 14.8. The quantitative estimate of drug-likeness (QED) is 0.631.